The summed E-state index contributed by atoms with van der Waals surface area (Å²) in [7, 11) is 0. The number of amides is 2. The molecule has 0 bridgehead atoms. The van der Waals surface area contributed by atoms with Crippen molar-refractivity contribution in [2.75, 3.05) is 0 Å². The molecule has 102 valence electrons. The van der Waals surface area contributed by atoms with E-state index in [1.807, 2.05) is 0 Å². The average Bonchev–Trinajstić information content (AvgIpc) is 2.34. The Labute approximate surface area is 116 Å². The molecule has 0 spiro atoms. The van der Waals surface area contributed by atoms with E-state index in [0.29, 0.717) is 6.42 Å². The fourth-order valence-electron chi connectivity index (χ4n) is 2.25. The molecule has 1 saturated heterocycles. The molecule has 1 aliphatic carbocycles. The van der Waals surface area contributed by atoms with Crippen molar-refractivity contribution in [2.24, 2.45) is 5.92 Å². The number of carbonyl (C=O) groups is 2. The first-order valence-corrected chi connectivity index (χ1v) is 6.68. The maximum Gasteiger partial charge on any atom is 0.263 e. The molecule has 2 amide bonds. The molecular weight excluding hydrogens is 267 g/mol. The molecule has 1 saturated carbocycles. The molecule has 4 nitrogen and oxygen atoms in total. The average molecular weight is 282 g/mol. The Morgan fingerprint density at radius 2 is 1.79 bits per heavy atom. The largest absolute Gasteiger partial charge is 0.299 e. The summed E-state index contributed by atoms with van der Waals surface area (Å²) in [5.41, 5.74) is -0.0175. The maximum absolute atomic E-state index is 13.6. The molecule has 0 aromatic heterocycles. The Morgan fingerprint density at radius 1 is 1.16 bits per heavy atom. The van der Waals surface area contributed by atoms with Gasteiger partial charge in [-0.05, 0) is 31.1 Å². The zero-order valence-electron chi connectivity index (χ0n) is 10.3. The highest BCUT2D eigenvalue weighted by atomic mass is 32.1. The van der Waals surface area contributed by atoms with Crippen LogP contribution in [-0.2, 0) is 9.59 Å². The molecule has 1 heterocycles. The van der Waals surface area contributed by atoms with Gasteiger partial charge in [0.05, 0.1) is 0 Å². The zero-order valence-corrected chi connectivity index (χ0v) is 11.1. The molecule has 0 aromatic carbocycles. The normalized spacial score (nSPS) is 28.3. The van der Waals surface area contributed by atoms with E-state index < -0.39 is 18.0 Å². The molecule has 2 fully saturated rings. The Morgan fingerprint density at radius 3 is 2.42 bits per heavy atom. The Bertz CT molecular complexity index is 451. The topological polar surface area (TPSA) is 58.2 Å². The van der Waals surface area contributed by atoms with Crippen LogP contribution in [0.2, 0.25) is 0 Å². The lowest BCUT2D eigenvalue weighted by Gasteiger charge is -2.22. The van der Waals surface area contributed by atoms with Crippen molar-refractivity contribution in [2.45, 2.75) is 31.9 Å². The fourth-order valence-corrected chi connectivity index (χ4v) is 2.44. The number of rotatable bonds is 2. The minimum absolute atomic E-state index is 0.00670. The van der Waals surface area contributed by atoms with Gasteiger partial charge in [0.25, 0.3) is 11.8 Å². The number of nitrogens with one attached hydrogen (secondary N) is 2. The summed E-state index contributed by atoms with van der Waals surface area (Å²) >= 11 is 4.68. The van der Waals surface area contributed by atoms with Crippen molar-refractivity contribution in [3.8, 4) is 0 Å². The van der Waals surface area contributed by atoms with Gasteiger partial charge in [0.2, 0.25) is 0 Å². The van der Waals surface area contributed by atoms with E-state index in [0.717, 1.165) is 19.3 Å². The molecule has 2 unspecified atom stereocenters. The summed E-state index contributed by atoms with van der Waals surface area (Å²) in [6, 6.07) is 0. The van der Waals surface area contributed by atoms with Crippen LogP contribution in [0.4, 0.5) is 4.39 Å². The molecule has 6 heteroatoms. The second-order valence-electron chi connectivity index (χ2n) is 4.67. The van der Waals surface area contributed by atoms with Crippen molar-refractivity contribution in [1.82, 2.24) is 10.6 Å². The highest BCUT2D eigenvalue weighted by Crippen LogP contribution is 2.27. The van der Waals surface area contributed by atoms with E-state index >= 15 is 0 Å². The van der Waals surface area contributed by atoms with Gasteiger partial charge in [0, 0.05) is 5.92 Å². The van der Waals surface area contributed by atoms with Crippen LogP contribution in [-0.4, -0.2) is 23.1 Å². The van der Waals surface area contributed by atoms with Crippen LogP contribution >= 0.6 is 12.2 Å². The quantitative estimate of drug-likeness (QED) is 0.459. The van der Waals surface area contributed by atoms with Gasteiger partial charge in [-0.15, -0.1) is 0 Å². The van der Waals surface area contributed by atoms with E-state index in [2.05, 4.69) is 22.9 Å². The van der Waals surface area contributed by atoms with E-state index in [1.165, 1.54) is 6.08 Å². The second-order valence-corrected chi connectivity index (χ2v) is 5.08. The summed E-state index contributed by atoms with van der Waals surface area (Å²) in [4.78, 5) is 23.1. The number of allylic oxidation sites excluding steroid dienone is 3. The van der Waals surface area contributed by atoms with Gasteiger partial charge in [0.15, 0.2) is 5.11 Å². The minimum Gasteiger partial charge on any atom is -0.299 e. The summed E-state index contributed by atoms with van der Waals surface area (Å²) in [5, 5.41) is 4.69. The van der Waals surface area contributed by atoms with E-state index in [9.17, 15) is 14.0 Å². The number of thiocarbonyl (C=S) groups is 1. The van der Waals surface area contributed by atoms with Gasteiger partial charge in [0.1, 0.15) is 11.7 Å². The van der Waals surface area contributed by atoms with Crippen molar-refractivity contribution < 1.29 is 14.0 Å². The lowest BCUT2D eigenvalue weighted by atomic mass is 9.87. The molecule has 0 radical (unpaired) electrons. The van der Waals surface area contributed by atoms with Gasteiger partial charge in [-0.25, -0.2) is 4.39 Å². The molecule has 2 rings (SSSR count). The molecule has 0 aromatic rings. The monoisotopic (exact) mass is 282 g/mol. The summed E-state index contributed by atoms with van der Waals surface area (Å²) < 4.78 is 13.6. The first-order chi connectivity index (χ1) is 9.08. The highest BCUT2D eigenvalue weighted by Gasteiger charge is 2.25. The Kier molecular flexibility index (Phi) is 4.42. The third kappa shape index (κ3) is 3.47. The van der Waals surface area contributed by atoms with Crippen molar-refractivity contribution in [3.05, 3.63) is 23.8 Å². The van der Waals surface area contributed by atoms with E-state index in [1.54, 1.807) is 12.2 Å². The van der Waals surface area contributed by atoms with Crippen LogP contribution in [0.25, 0.3) is 0 Å². The minimum atomic E-state index is -0.829. The van der Waals surface area contributed by atoms with E-state index in [-0.39, 0.29) is 16.6 Å². The van der Waals surface area contributed by atoms with Crippen LogP contribution in [0, 0.1) is 5.92 Å². The summed E-state index contributed by atoms with van der Waals surface area (Å²) in [6.45, 7) is 0. The number of carbonyl (C=O) groups excluding carboxylic acids is 2. The van der Waals surface area contributed by atoms with Crippen LogP contribution < -0.4 is 10.6 Å². The molecule has 2 aliphatic rings. The van der Waals surface area contributed by atoms with Crippen LogP contribution in [0.3, 0.4) is 0 Å². The van der Waals surface area contributed by atoms with Crippen molar-refractivity contribution >= 4 is 29.1 Å². The number of halogens is 1. The number of alkyl halides is 1. The standard InChI is InChI=1S/C13H15FN2O2S/c14-10-7-2-1-4-8(10)5-3-6-9-11(17)15-13(19)16-12(9)18/h3,5-6,8,10H,1-2,4,7H2,(H2,15,16,17,18,19)/b5-3+. The summed E-state index contributed by atoms with van der Waals surface area (Å²) in [5.74, 6) is -1.18. The lowest BCUT2D eigenvalue weighted by molar-refractivity contribution is -0.123. The predicted molar refractivity (Wildman–Crippen MR) is 73.0 cm³/mol. The third-order valence-corrected chi connectivity index (χ3v) is 3.50. The molecular formula is C13H15FN2O2S. The molecule has 2 N–H and O–H groups in total. The van der Waals surface area contributed by atoms with Gasteiger partial charge >= 0.3 is 0 Å². The smallest absolute Gasteiger partial charge is 0.263 e. The molecule has 2 atom stereocenters. The Balaban J connectivity index is 2.02. The number of hydrogen-bond acceptors (Lipinski definition) is 3. The molecule has 1 aliphatic heterocycles. The number of hydrogen-bond donors (Lipinski definition) is 2. The molecule has 19 heavy (non-hydrogen) atoms. The highest BCUT2D eigenvalue weighted by molar-refractivity contribution is 7.80. The zero-order chi connectivity index (χ0) is 13.8. The predicted octanol–water partition coefficient (Wildman–Crippen LogP) is 1.53. The van der Waals surface area contributed by atoms with Crippen LogP contribution in [0.15, 0.2) is 23.8 Å². The van der Waals surface area contributed by atoms with Gasteiger partial charge in [-0.3, -0.25) is 20.2 Å². The van der Waals surface area contributed by atoms with Crippen molar-refractivity contribution in [1.29, 1.82) is 0 Å². The SMILES string of the molecule is O=C1NC(=S)NC(=O)C1=C/C=C/C1CCCCC1F. The second kappa shape index (κ2) is 6.06. The van der Waals surface area contributed by atoms with Crippen molar-refractivity contribution in [3.63, 3.8) is 0 Å². The first kappa shape index (κ1) is 13.9. The van der Waals surface area contributed by atoms with E-state index in [4.69, 9.17) is 0 Å². The maximum atomic E-state index is 13.6. The van der Waals surface area contributed by atoms with Crippen LogP contribution in [0.5, 0.6) is 0 Å². The third-order valence-electron chi connectivity index (χ3n) is 3.30. The Hall–Kier alpha value is -1.56. The van der Waals surface area contributed by atoms with Crippen LogP contribution in [0.1, 0.15) is 25.7 Å². The van der Waals surface area contributed by atoms with Gasteiger partial charge in [-0.1, -0.05) is 25.0 Å². The first-order valence-electron chi connectivity index (χ1n) is 6.27. The fraction of sp³-hybridized carbons (Fsp3) is 0.462. The summed E-state index contributed by atoms with van der Waals surface area (Å²) in [6.07, 6.45) is 7.20. The van der Waals surface area contributed by atoms with Gasteiger partial charge < -0.3 is 0 Å². The lowest BCUT2D eigenvalue weighted by Crippen LogP contribution is -2.51. The van der Waals surface area contributed by atoms with Gasteiger partial charge in [-0.2, -0.15) is 0 Å².